The molecule has 35 heavy (non-hydrogen) atoms. The Kier molecular flexibility index (Phi) is 6.33. The summed E-state index contributed by atoms with van der Waals surface area (Å²) < 4.78 is 1.83. The lowest BCUT2D eigenvalue weighted by molar-refractivity contribution is 0.0958. The van der Waals surface area contributed by atoms with Crippen LogP contribution in [-0.2, 0) is 0 Å². The van der Waals surface area contributed by atoms with Gasteiger partial charge in [0.05, 0.1) is 29.6 Å². The minimum Gasteiger partial charge on any atom is -0.393 e. The molecule has 1 amide bonds. The summed E-state index contributed by atoms with van der Waals surface area (Å²) in [6.07, 6.45) is 3.28. The maximum absolute atomic E-state index is 12.0. The molecule has 176 valence electrons. The van der Waals surface area contributed by atoms with Gasteiger partial charge in [-0.2, -0.15) is 10.4 Å². The van der Waals surface area contributed by atoms with Gasteiger partial charge >= 0.3 is 0 Å². The SMILES string of the molecule is N#CCNC(=O)c1ccc(-n2ncc3cc(Nc4ccc(N5CCC(O)CC5)cc4)ccc32)cc1. The monoisotopic (exact) mass is 466 g/mol. The maximum atomic E-state index is 12.0. The Bertz CT molecular complexity index is 1360. The summed E-state index contributed by atoms with van der Waals surface area (Å²) >= 11 is 0. The van der Waals surface area contributed by atoms with Gasteiger partial charge in [-0.05, 0) is 79.6 Å². The molecule has 3 N–H and O–H groups in total. The molecule has 0 radical (unpaired) electrons. The number of amides is 1. The second-order valence-corrected chi connectivity index (χ2v) is 8.61. The molecule has 0 unspecified atom stereocenters. The highest BCUT2D eigenvalue weighted by Crippen LogP contribution is 2.27. The van der Waals surface area contributed by atoms with Crippen LogP contribution in [0.25, 0.3) is 16.6 Å². The Morgan fingerprint density at radius 1 is 1.00 bits per heavy atom. The third kappa shape index (κ3) is 4.95. The Hall–Kier alpha value is -4.35. The number of carbonyl (C=O) groups is 1. The highest BCUT2D eigenvalue weighted by atomic mass is 16.3. The van der Waals surface area contributed by atoms with Crippen molar-refractivity contribution in [3.63, 3.8) is 0 Å². The van der Waals surface area contributed by atoms with Gasteiger partial charge in [-0.15, -0.1) is 0 Å². The third-order valence-corrected chi connectivity index (χ3v) is 6.26. The molecule has 3 aromatic carbocycles. The normalized spacial score (nSPS) is 14.0. The van der Waals surface area contributed by atoms with Crippen LogP contribution < -0.4 is 15.5 Å². The number of hydrogen-bond acceptors (Lipinski definition) is 6. The highest BCUT2D eigenvalue weighted by molar-refractivity contribution is 5.94. The van der Waals surface area contributed by atoms with Crippen molar-refractivity contribution in [2.75, 3.05) is 29.9 Å². The molecule has 1 aromatic heterocycles. The van der Waals surface area contributed by atoms with Gasteiger partial charge in [-0.25, -0.2) is 4.68 Å². The maximum Gasteiger partial charge on any atom is 0.252 e. The molecule has 1 aliphatic heterocycles. The fraction of sp³-hybridized carbons (Fsp3) is 0.222. The zero-order valence-corrected chi connectivity index (χ0v) is 19.2. The summed E-state index contributed by atoms with van der Waals surface area (Å²) in [7, 11) is 0. The number of nitrogens with one attached hydrogen (secondary N) is 2. The predicted molar refractivity (Wildman–Crippen MR) is 136 cm³/mol. The summed E-state index contributed by atoms with van der Waals surface area (Å²) in [5.74, 6) is -0.276. The minimum absolute atomic E-state index is 0.0195. The Morgan fingerprint density at radius 2 is 1.69 bits per heavy atom. The molecule has 2 heterocycles. The van der Waals surface area contributed by atoms with Crippen molar-refractivity contribution in [2.45, 2.75) is 18.9 Å². The van der Waals surface area contributed by atoms with Gasteiger partial charge in [0.15, 0.2) is 0 Å². The van der Waals surface area contributed by atoms with Crippen LogP contribution in [0.2, 0.25) is 0 Å². The number of aliphatic hydroxyl groups excluding tert-OH is 1. The molecule has 4 aromatic rings. The Balaban J connectivity index is 1.28. The lowest BCUT2D eigenvalue weighted by atomic mass is 10.1. The van der Waals surface area contributed by atoms with E-state index in [2.05, 4.69) is 51.0 Å². The fourth-order valence-electron chi connectivity index (χ4n) is 4.34. The summed E-state index contributed by atoms with van der Waals surface area (Å²) in [6.45, 7) is 1.74. The van der Waals surface area contributed by atoms with Crippen LogP contribution in [0.15, 0.2) is 72.9 Å². The first-order valence-electron chi connectivity index (χ1n) is 11.6. The van der Waals surface area contributed by atoms with Crippen LogP contribution in [0.5, 0.6) is 0 Å². The number of nitrogens with zero attached hydrogens (tertiary/aromatic N) is 4. The lowest BCUT2D eigenvalue weighted by Crippen LogP contribution is -2.35. The molecule has 1 fully saturated rings. The van der Waals surface area contributed by atoms with Crippen LogP contribution in [0.1, 0.15) is 23.2 Å². The summed E-state index contributed by atoms with van der Waals surface area (Å²) in [4.78, 5) is 14.3. The van der Waals surface area contributed by atoms with E-state index in [1.807, 2.05) is 41.2 Å². The first-order valence-corrected chi connectivity index (χ1v) is 11.6. The summed E-state index contributed by atoms with van der Waals surface area (Å²) in [5.41, 5.74) is 5.44. The Morgan fingerprint density at radius 3 is 2.40 bits per heavy atom. The lowest BCUT2D eigenvalue weighted by Gasteiger charge is -2.31. The molecule has 5 rings (SSSR count). The van der Waals surface area contributed by atoms with Gasteiger partial charge in [-0.1, -0.05) is 0 Å². The van der Waals surface area contributed by atoms with E-state index in [0.717, 1.165) is 53.9 Å². The van der Waals surface area contributed by atoms with E-state index in [1.54, 1.807) is 12.1 Å². The van der Waals surface area contributed by atoms with Gasteiger partial charge in [0.2, 0.25) is 0 Å². The Labute approximate surface area is 203 Å². The molecule has 0 atom stereocenters. The summed E-state index contributed by atoms with van der Waals surface area (Å²) in [6, 6.07) is 23.5. The number of fused-ring (bicyclic) bond motifs is 1. The van der Waals surface area contributed by atoms with E-state index >= 15 is 0 Å². The second kappa shape index (κ2) is 9.87. The van der Waals surface area contributed by atoms with Gasteiger partial charge in [-0.3, -0.25) is 4.79 Å². The zero-order valence-electron chi connectivity index (χ0n) is 19.2. The molecule has 0 aliphatic carbocycles. The summed E-state index contributed by atoms with van der Waals surface area (Å²) in [5, 5.41) is 29.8. The molecular formula is C27H26N6O2. The molecular weight excluding hydrogens is 440 g/mol. The van der Waals surface area contributed by atoms with Crippen molar-refractivity contribution in [3.05, 3.63) is 78.5 Å². The number of benzene rings is 3. The van der Waals surface area contributed by atoms with E-state index in [-0.39, 0.29) is 18.6 Å². The van der Waals surface area contributed by atoms with E-state index in [1.165, 1.54) is 5.69 Å². The smallest absolute Gasteiger partial charge is 0.252 e. The van der Waals surface area contributed by atoms with Gasteiger partial charge < -0.3 is 20.6 Å². The van der Waals surface area contributed by atoms with Crippen molar-refractivity contribution in [1.29, 1.82) is 5.26 Å². The number of carbonyl (C=O) groups excluding carboxylic acids is 1. The average molecular weight is 467 g/mol. The molecule has 1 aliphatic rings. The number of rotatable bonds is 6. The molecule has 8 nitrogen and oxygen atoms in total. The fourth-order valence-corrected chi connectivity index (χ4v) is 4.34. The minimum atomic E-state index is -0.276. The topological polar surface area (TPSA) is 106 Å². The average Bonchev–Trinajstić information content (AvgIpc) is 3.31. The molecule has 0 saturated carbocycles. The first kappa shape index (κ1) is 22.4. The zero-order chi connectivity index (χ0) is 24.2. The highest BCUT2D eigenvalue weighted by Gasteiger charge is 2.17. The van der Waals surface area contributed by atoms with Gasteiger partial charge in [0, 0.05) is 41.1 Å². The standard InChI is InChI=1S/C27H26N6O2/c28-13-14-29-27(35)19-1-6-24(7-2-19)33-26-10-5-22(17-20(26)18-30-33)31-21-3-8-23(9-4-21)32-15-11-25(34)12-16-32/h1-10,17-18,25,31,34H,11-12,14-16H2,(H,29,35). The van der Waals surface area contributed by atoms with Crippen LogP contribution >= 0.6 is 0 Å². The van der Waals surface area contributed by atoms with Crippen LogP contribution in [0, 0.1) is 11.3 Å². The van der Waals surface area contributed by atoms with Crippen LogP contribution in [-0.4, -0.2) is 46.5 Å². The number of hydrogen-bond donors (Lipinski definition) is 3. The number of anilines is 3. The van der Waals surface area contributed by atoms with E-state index in [4.69, 9.17) is 5.26 Å². The molecule has 8 heteroatoms. The van der Waals surface area contributed by atoms with Crippen molar-refractivity contribution < 1.29 is 9.90 Å². The van der Waals surface area contributed by atoms with Gasteiger partial charge in [0.1, 0.15) is 6.54 Å². The molecule has 1 saturated heterocycles. The van der Waals surface area contributed by atoms with E-state index in [0.29, 0.717) is 5.56 Å². The molecule has 0 bridgehead atoms. The third-order valence-electron chi connectivity index (χ3n) is 6.26. The number of nitriles is 1. The van der Waals surface area contributed by atoms with E-state index < -0.39 is 0 Å². The number of aromatic nitrogens is 2. The van der Waals surface area contributed by atoms with Crippen molar-refractivity contribution in [2.24, 2.45) is 0 Å². The van der Waals surface area contributed by atoms with Crippen molar-refractivity contribution >= 4 is 33.9 Å². The quantitative estimate of drug-likeness (QED) is 0.371. The first-order chi connectivity index (χ1) is 17.1. The number of aliphatic hydroxyl groups is 1. The predicted octanol–water partition coefficient (Wildman–Crippen LogP) is 3.98. The van der Waals surface area contributed by atoms with Gasteiger partial charge in [0.25, 0.3) is 5.91 Å². The number of piperidine rings is 1. The van der Waals surface area contributed by atoms with Crippen LogP contribution in [0.4, 0.5) is 17.1 Å². The van der Waals surface area contributed by atoms with E-state index in [9.17, 15) is 9.90 Å². The van der Waals surface area contributed by atoms with Crippen molar-refractivity contribution in [1.82, 2.24) is 15.1 Å². The van der Waals surface area contributed by atoms with Crippen molar-refractivity contribution in [3.8, 4) is 11.8 Å². The largest absolute Gasteiger partial charge is 0.393 e. The van der Waals surface area contributed by atoms with Crippen LogP contribution in [0.3, 0.4) is 0 Å². The molecule has 0 spiro atoms. The second-order valence-electron chi connectivity index (χ2n) is 8.61.